The van der Waals surface area contributed by atoms with Crippen LogP contribution in [0.25, 0.3) is 11.4 Å². The minimum absolute atomic E-state index is 0.168. The zero-order chi connectivity index (χ0) is 16.4. The molecule has 2 aliphatic rings. The second-order valence-electron chi connectivity index (χ2n) is 6.99. The summed E-state index contributed by atoms with van der Waals surface area (Å²) in [5.41, 5.74) is 0.886. The first-order valence-electron chi connectivity index (χ1n) is 9.00. The summed E-state index contributed by atoms with van der Waals surface area (Å²) < 4.78 is 5.41. The largest absolute Gasteiger partial charge is 0.393 e. The van der Waals surface area contributed by atoms with Crippen molar-refractivity contribution >= 4 is 5.82 Å². The lowest BCUT2D eigenvalue weighted by Crippen LogP contribution is -2.36. The van der Waals surface area contributed by atoms with Crippen molar-refractivity contribution in [2.45, 2.75) is 51.0 Å². The Hall–Kier alpha value is -1.95. The lowest BCUT2D eigenvalue weighted by molar-refractivity contribution is 0.145. The highest BCUT2D eigenvalue weighted by atomic mass is 16.5. The number of hydrogen-bond acceptors (Lipinski definition) is 6. The van der Waals surface area contributed by atoms with Crippen LogP contribution in [0.3, 0.4) is 0 Å². The van der Waals surface area contributed by atoms with Gasteiger partial charge in [-0.2, -0.15) is 4.98 Å². The van der Waals surface area contributed by atoms with E-state index >= 15 is 0 Å². The van der Waals surface area contributed by atoms with E-state index in [1.165, 1.54) is 25.7 Å². The molecule has 2 aromatic rings. The van der Waals surface area contributed by atoms with E-state index in [0.29, 0.717) is 11.7 Å². The van der Waals surface area contributed by atoms with Gasteiger partial charge in [-0.25, -0.2) is 4.98 Å². The van der Waals surface area contributed by atoms with E-state index in [4.69, 9.17) is 4.52 Å². The van der Waals surface area contributed by atoms with Gasteiger partial charge in [0.2, 0.25) is 11.7 Å². The molecule has 1 aliphatic carbocycles. The van der Waals surface area contributed by atoms with E-state index in [9.17, 15) is 5.11 Å². The van der Waals surface area contributed by atoms with E-state index in [2.05, 4.69) is 20.0 Å². The van der Waals surface area contributed by atoms with Gasteiger partial charge < -0.3 is 14.5 Å². The first kappa shape index (κ1) is 15.6. The van der Waals surface area contributed by atoms with Gasteiger partial charge in [-0.3, -0.25) is 0 Å². The molecule has 4 rings (SSSR count). The number of anilines is 1. The van der Waals surface area contributed by atoms with Gasteiger partial charge in [-0.05, 0) is 43.7 Å². The lowest BCUT2D eigenvalue weighted by Gasteiger charge is -2.30. The van der Waals surface area contributed by atoms with Crippen LogP contribution in [0.4, 0.5) is 5.82 Å². The highest BCUT2D eigenvalue weighted by molar-refractivity contribution is 5.55. The molecule has 6 nitrogen and oxygen atoms in total. The van der Waals surface area contributed by atoms with Crippen molar-refractivity contribution in [3.63, 3.8) is 0 Å². The molecule has 1 aliphatic heterocycles. The van der Waals surface area contributed by atoms with Crippen molar-refractivity contribution in [1.29, 1.82) is 0 Å². The van der Waals surface area contributed by atoms with Crippen molar-refractivity contribution in [2.24, 2.45) is 5.92 Å². The zero-order valence-electron chi connectivity index (χ0n) is 13.9. The molecular formula is C18H24N4O2. The summed E-state index contributed by atoms with van der Waals surface area (Å²) in [6, 6.07) is 4.00. The van der Waals surface area contributed by atoms with Gasteiger partial charge in [0.15, 0.2) is 0 Å². The molecular weight excluding hydrogens is 304 g/mol. The second-order valence-corrected chi connectivity index (χ2v) is 6.99. The summed E-state index contributed by atoms with van der Waals surface area (Å²) in [5.74, 6) is 3.01. The Morgan fingerprint density at radius 3 is 2.62 bits per heavy atom. The third-order valence-corrected chi connectivity index (χ3v) is 5.20. The first-order valence-corrected chi connectivity index (χ1v) is 9.00. The molecule has 0 unspecified atom stereocenters. The van der Waals surface area contributed by atoms with Crippen LogP contribution in [-0.2, 0) is 6.42 Å². The summed E-state index contributed by atoms with van der Waals surface area (Å²) in [5, 5.41) is 13.7. The van der Waals surface area contributed by atoms with E-state index in [-0.39, 0.29) is 6.10 Å². The number of hydrogen-bond donors (Lipinski definition) is 1. The van der Waals surface area contributed by atoms with E-state index in [1.807, 2.05) is 18.3 Å². The van der Waals surface area contributed by atoms with Gasteiger partial charge in [0.1, 0.15) is 5.82 Å². The first-order chi connectivity index (χ1) is 11.8. The van der Waals surface area contributed by atoms with Gasteiger partial charge in [0.25, 0.3) is 0 Å². The highest BCUT2D eigenvalue weighted by Gasteiger charge is 2.20. The van der Waals surface area contributed by atoms with Crippen LogP contribution in [0.1, 0.15) is 44.4 Å². The van der Waals surface area contributed by atoms with Crippen molar-refractivity contribution in [3.05, 3.63) is 24.2 Å². The molecule has 1 saturated heterocycles. The van der Waals surface area contributed by atoms with E-state index < -0.39 is 0 Å². The normalized spacial score (nSPS) is 20.0. The van der Waals surface area contributed by atoms with Crippen molar-refractivity contribution in [2.75, 3.05) is 18.0 Å². The Bertz CT molecular complexity index is 656. The molecule has 1 N–H and O–H groups in total. The number of rotatable bonds is 4. The highest BCUT2D eigenvalue weighted by Crippen LogP contribution is 2.28. The summed E-state index contributed by atoms with van der Waals surface area (Å²) >= 11 is 0. The molecule has 128 valence electrons. The molecule has 0 amide bonds. The summed E-state index contributed by atoms with van der Waals surface area (Å²) in [4.78, 5) is 11.3. The van der Waals surface area contributed by atoms with Crippen molar-refractivity contribution in [1.82, 2.24) is 15.1 Å². The number of nitrogens with zero attached hydrogens (tertiary/aromatic N) is 4. The fourth-order valence-electron chi connectivity index (χ4n) is 3.72. The van der Waals surface area contributed by atoms with Gasteiger partial charge in [0, 0.05) is 31.3 Å². The van der Waals surface area contributed by atoms with Gasteiger partial charge in [-0.15, -0.1) is 0 Å². The Morgan fingerprint density at radius 2 is 1.92 bits per heavy atom. The summed E-state index contributed by atoms with van der Waals surface area (Å²) in [7, 11) is 0. The molecule has 0 atom stereocenters. The minimum atomic E-state index is -0.168. The number of pyridine rings is 1. The summed E-state index contributed by atoms with van der Waals surface area (Å²) in [6.45, 7) is 1.70. The molecule has 3 heterocycles. The number of aliphatic hydroxyl groups excluding tert-OH is 1. The molecule has 6 heteroatoms. The fourth-order valence-corrected chi connectivity index (χ4v) is 3.72. The minimum Gasteiger partial charge on any atom is -0.393 e. The van der Waals surface area contributed by atoms with Crippen LogP contribution >= 0.6 is 0 Å². The third kappa shape index (κ3) is 3.43. The average Bonchev–Trinajstić information content (AvgIpc) is 3.28. The van der Waals surface area contributed by atoms with Crippen LogP contribution in [-0.4, -0.2) is 39.4 Å². The number of aromatic nitrogens is 3. The van der Waals surface area contributed by atoms with E-state index in [1.54, 1.807) is 0 Å². The van der Waals surface area contributed by atoms with Crippen LogP contribution < -0.4 is 4.90 Å². The molecule has 0 aromatic carbocycles. The lowest BCUT2D eigenvalue weighted by atomic mass is 10.0. The maximum absolute atomic E-state index is 9.60. The zero-order valence-corrected chi connectivity index (χ0v) is 13.9. The van der Waals surface area contributed by atoms with Crippen LogP contribution in [0.15, 0.2) is 22.9 Å². The Morgan fingerprint density at radius 1 is 1.12 bits per heavy atom. The van der Waals surface area contributed by atoms with Gasteiger partial charge in [0.05, 0.1) is 6.10 Å². The second kappa shape index (κ2) is 6.89. The Kier molecular flexibility index (Phi) is 4.47. The average molecular weight is 328 g/mol. The van der Waals surface area contributed by atoms with Crippen LogP contribution in [0, 0.1) is 5.92 Å². The van der Waals surface area contributed by atoms with Gasteiger partial charge >= 0.3 is 0 Å². The Balaban J connectivity index is 1.42. The van der Waals surface area contributed by atoms with Crippen molar-refractivity contribution in [3.8, 4) is 11.4 Å². The number of piperidine rings is 1. The van der Waals surface area contributed by atoms with Gasteiger partial charge in [-0.1, -0.05) is 18.0 Å². The standard InChI is InChI=1S/C18H24N4O2/c23-15-7-9-22(10-8-15)16-6-5-14(12-19-16)18-20-17(24-21-18)11-13-3-1-2-4-13/h5-6,12-13,15,23H,1-4,7-11H2. The monoisotopic (exact) mass is 328 g/mol. The maximum Gasteiger partial charge on any atom is 0.227 e. The quantitative estimate of drug-likeness (QED) is 0.930. The predicted molar refractivity (Wildman–Crippen MR) is 90.6 cm³/mol. The molecule has 2 aromatic heterocycles. The van der Waals surface area contributed by atoms with Crippen LogP contribution in [0.5, 0.6) is 0 Å². The molecule has 1 saturated carbocycles. The molecule has 2 fully saturated rings. The molecule has 0 spiro atoms. The fraction of sp³-hybridized carbons (Fsp3) is 0.611. The third-order valence-electron chi connectivity index (χ3n) is 5.20. The SMILES string of the molecule is OC1CCN(c2ccc(-c3noc(CC4CCCC4)n3)cn2)CC1. The van der Waals surface area contributed by atoms with E-state index in [0.717, 1.165) is 49.6 Å². The van der Waals surface area contributed by atoms with Crippen LogP contribution in [0.2, 0.25) is 0 Å². The van der Waals surface area contributed by atoms with Crippen molar-refractivity contribution < 1.29 is 9.63 Å². The smallest absolute Gasteiger partial charge is 0.227 e. The maximum atomic E-state index is 9.60. The topological polar surface area (TPSA) is 75.3 Å². The molecule has 0 radical (unpaired) electrons. The molecule has 0 bridgehead atoms. The molecule has 24 heavy (non-hydrogen) atoms. The summed E-state index contributed by atoms with van der Waals surface area (Å²) in [6.07, 6.45) is 9.35. The number of aliphatic hydroxyl groups is 1. The Labute approximate surface area is 141 Å². The predicted octanol–water partition coefficient (Wildman–Crippen LogP) is 2.83.